The highest BCUT2D eigenvalue weighted by atomic mass is 32.2. The fraction of sp³-hybridized carbons (Fsp3) is 0.588. The average Bonchev–Trinajstić information content (AvgIpc) is 3.00. The van der Waals surface area contributed by atoms with E-state index in [1.165, 1.54) is 4.31 Å². The van der Waals surface area contributed by atoms with Crippen molar-refractivity contribution in [1.29, 1.82) is 0 Å². The summed E-state index contributed by atoms with van der Waals surface area (Å²) in [5.41, 5.74) is 2.06. The third-order valence-corrected chi connectivity index (χ3v) is 6.64. The zero-order valence-electron chi connectivity index (χ0n) is 13.5. The molecule has 2 fully saturated rings. The van der Waals surface area contributed by atoms with E-state index in [1.807, 2.05) is 13.0 Å². The molecule has 23 heavy (non-hydrogen) atoms. The second-order valence-electron chi connectivity index (χ2n) is 6.55. The standard InChI is InChI=1S/C17H24N2O3S/c1-13-8-9-14(17(20)18-15-6-2-3-7-15)12-16(13)19-10-4-5-11-23(19,21)22/h8-9,12,15H,2-7,10-11H2,1H3,(H,18,20). The second kappa shape index (κ2) is 6.51. The highest BCUT2D eigenvalue weighted by molar-refractivity contribution is 7.92. The number of carbonyl (C=O) groups excluding carboxylic acids is 1. The van der Waals surface area contributed by atoms with Crippen LogP contribution in [0.5, 0.6) is 0 Å². The Bertz CT molecular complexity index is 694. The summed E-state index contributed by atoms with van der Waals surface area (Å²) >= 11 is 0. The van der Waals surface area contributed by atoms with Gasteiger partial charge in [0.1, 0.15) is 0 Å². The van der Waals surface area contributed by atoms with Crippen LogP contribution in [0.1, 0.15) is 54.4 Å². The lowest BCUT2D eigenvalue weighted by Crippen LogP contribution is -2.38. The minimum atomic E-state index is -3.26. The van der Waals surface area contributed by atoms with Crippen LogP contribution in [0.15, 0.2) is 18.2 Å². The molecule has 0 aromatic heterocycles. The van der Waals surface area contributed by atoms with E-state index in [0.717, 1.165) is 37.7 Å². The summed E-state index contributed by atoms with van der Waals surface area (Å²) in [5, 5.41) is 3.06. The van der Waals surface area contributed by atoms with E-state index in [0.29, 0.717) is 24.2 Å². The average molecular weight is 336 g/mol. The van der Waals surface area contributed by atoms with Crippen molar-refractivity contribution in [3.63, 3.8) is 0 Å². The highest BCUT2D eigenvalue weighted by Gasteiger charge is 2.28. The first-order valence-corrected chi connectivity index (χ1v) is 10.0. The predicted molar refractivity (Wildman–Crippen MR) is 91.3 cm³/mol. The molecule has 0 bridgehead atoms. The molecule has 1 saturated carbocycles. The molecule has 0 atom stereocenters. The molecule has 1 aromatic carbocycles. The van der Waals surface area contributed by atoms with Crippen molar-refractivity contribution in [1.82, 2.24) is 5.32 Å². The molecule has 2 aliphatic rings. The van der Waals surface area contributed by atoms with Crippen molar-refractivity contribution in [3.05, 3.63) is 29.3 Å². The Labute approximate surface area is 138 Å². The number of hydrogen-bond acceptors (Lipinski definition) is 3. The first-order chi connectivity index (χ1) is 11.0. The molecule has 1 aliphatic carbocycles. The molecule has 3 rings (SSSR count). The van der Waals surface area contributed by atoms with Crippen LogP contribution in [0.3, 0.4) is 0 Å². The van der Waals surface area contributed by atoms with E-state index in [-0.39, 0.29) is 17.7 Å². The van der Waals surface area contributed by atoms with Crippen molar-refractivity contribution in [2.45, 2.75) is 51.5 Å². The number of nitrogens with one attached hydrogen (secondary N) is 1. The molecule has 1 aromatic rings. The molecule has 1 amide bonds. The molecular weight excluding hydrogens is 312 g/mol. The number of benzene rings is 1. The van der Waals surface area contributed by atoms with E-state index in [9.17, 15) is 13.2 Å². The topological polar surface area (TPSA) is 66.5 Å². The molecule has 1 saturated heterocycles. The van der Waals surface area contributed by atoms with E-state index in [2.05, 4.69) is 5.32 Å². The minimum Gasteiger partial charge on any atom is -0.349 e. The summed E-state index contributed by atoms with van der Waals surface area (Å²) in [6.07, 6.45) is 5.96. The lowest BCUT2D eigenvalue weighted by atomic mass is 10.1. The van der Waals surface area contributed by atoms with Crippen LogP contribution in [0, 0.1) is 6.92 Å². The number of rotatable bonds is 3. The van der Waals surface area contributed by atoms with Gasteiger partial charge >= 0.3 is 0 Å². The van der Waals surface area contributed by atoms with Crippen LogP contribution in [-0.2, 0) is 10.0 Å². The van der Waals surface area contributed by atoms with Crippen molar-refractivity contribution in [2.24, 2.45) is 0 Å². The van der Waals surface area contributed by atoms with Gasteiger partial charge in [-0.1, -0.05) is 18.9 Å². The number of sulfonamides is 1. The Morgan fingerprint density at radius 2 is 1.91 bits per heavy atom. The fourth-order valence-electron chi connectivity index (χ4n) is 3.42. The normalized spacial score (nSPS) is 21.3. The van der Waals surface area contributed by atoms with Gasteiger partial charge in [-0.3, -0.25) is 9.10 Å². The summed E-state index contributed by atoms with van der Waals surface area (Å²) < 4.78 is 26.1. The van der Waals surface area contributed by atoms with Gasteiger partial charge in [0, 0.05) is 18.2 Å². The van der Waals surface area contributed by atoms with Crippen LogP contribution in [-0.4, -0.2) is 32.7 Å². The maximum atomic E-state index is 12.4. The van der Waals surface area contributed by atoms with Crippen LogP contribution >= 0.6 is 0 Å². The molecule has 1 N–H and O–H groups in total. The largest absolute Gasteiger partial charge is 0.349 e. The summed E-state index contributed by atoms with van der Waals surface area (Å²) in [6.45, 7) is 2.38. The van der Waals surface area contributed by atoms with Gasteiger partial charge in [0.25, 0.3) is 5.91 Å². The number of anilines is 1. The maximum Gasteiger partial charge on any atom is 0.251 e. The van der Waals surface area contributed by atoms with E-state index in [4.69, 9.17) is 0 Å². The van der Waals surface area contributed by atoms with E-state index >= 15 is 0 Å². The Kier molecular flexibility index (Phi) is 4.62. The molecule has 6 heteroatoms. The highest BCUT2D eigenvalue weighted by Crippen LogP contribution is 2.28. The van der Waals surface area contributed by atoms with Crippen molar-refractivity contribution < 1.29 is 13.2 Å². The minimum absolute atomic E-state index is 0.104. The second-order valence-corrected chi connectivity index (χ2v) is 8.56. The summed E-state index contributed by atoms with van der Waals surface area (Å²) in [5.74, 6) is 0.0813. The van der Waals surface area contributed by atoms with Gasteiger partial charge in [0.05, 0.1) is 11.4 Å². The predicted octanol–water partition coefficient (Wildman–Crippen LogP) is 2.60. The molecule has 5 nitrogen and oxygen atoms in total. The van der Waals surface area contributed by atoms with Crippen LogP contribution in [0.4, 0.5) is 5.69 Å². The smallest absolute Gasteiger partial charge is 0.251 e. The van der Waals surface area contributed by atoms with Crippen molar-refractivity contribution in [2.75, 3.05) is 16.6 Å². The lowest BCUT2D eigenvalue weighted by Gasteiger charge is -2.29. The first-order valence-electron chi connectivity index (χ1n) is 8.39. The first kappa shape index (κ1) is 16.3. The Hall–Kier alpha value is -1.56. The van der Waals surface area contributed by atoms with Gasteiger partial charge in [-0.2, -0.15) is 0 Å². The number of hydrogen-bond donors (Lipinski definition) is 1. The quantitative estimate of drug-likeness (QED) is 0.922. The molecular formula is C17H24N2O3S. The molecule has 1 aliphatic heterocycles. The molecule has 0 unspecified atom stereocenters. The van der Waals surface area contributed by atoms with E-state index < -0.39 is 10.0 Å². The van der Waals surface area contributed by atoms with Crippen LogP contribution in [0.25, 0.3) is 0 Å². The van der Waals surface area contributed by atoms with Gasteiger partial charge in [0.2, 0.25) is 10.0 Å². The van der Waals surface area contributed by atoms with Crippen molar-refractivity contribution >= 4 is 21.6 Å². The monoisotopic (exact) mass is 336 g/mol. The number of carbonyl (C=O) groups is 1. The molecule has 1 heterocycles. The zero-order chi connectivity index (χ0) is 16.4. The number of aryl methyl sites for hydroxylation is 1. The maximum absolute atomic E-state index is 12.4. The lowest BCUT2D eigenvalue weighted by molar-refractivity contribution is 0.0938. The Morgan fingerprint density at radius 3 is 2.61 bits per heavy atom. The van der Waals surface area contributed by atoms with Gasteiger partial charge in [-0.25, -0.2) is 8.42 Å². The molecule has 0 radical (unpaired) electrons. The Balaban J connectivity index is 1.85. The number of nitrogens with zero attached hydrogens (tertiary/aromatic N) is 1. The SMILES string of the molecule is Cc1ccc(C(=O)NC2CCCC2)cc1N1CCCCS1(=O)=O. The molecule has 0 spiro atoms. The summed E-state index contributed by atoms with van der Waals surface area (Å²) in [4.78, 5) is 12.4. The zero-order valence-corrected chi connectivity index (χ0v) is 14.4. The third-order valence-electron chi connectivity index (χ3n) is 4.78. The third kappa shape index (κ3) is 3.52. The van der Waals surface area contributed by atoms with Gasteiger partial charge in [-0.05, 0) is 50.3 Å². The number of amides is 1. The van der Waals surface area contributed by atoms with Crippen LogP contribution < -0.4 is 9.62 Å². The molecule has 126 valence electrons. The van der Waals surface area contributed by atoms with Crippen LogP contribution in [0.2, 0.25) is 0 Å². The summed E-state index contributed by atoms with van der Waals surface area (Å²) in [7, 11) is -3.26. The van der Waals surface area contributed by atoms with Gasteiger partial charge in [0.15, 0.2) is 0 Å². The Morgan fingerprint density at radius 1 is 1.17 bits per heavy atom. The van der Waals surface area contributed by atoms with Gasteiger partial charge < -0.3 is 5.32 Å². The van der Waals surface area contributed by atoms with E-state index in [1.54, 1.807) is 12.1 Å². The van der Waals surface area contributed by atoms with Crippen molar-refractivity contribution in [3.8, 4) is 0 Å². The summed E-state index contributed by atoms with van der Waals surface area (Å²) in [6, 6.07) is 5.59. The fourth-order valence-corrected chi connectivity index (χ4v) is 5.11. The van der Waals surface area contributed by atoms with Gasteiger partial charge in [-0.15, -0.1) is 0 Å².